The third-order valence-electron chi connectivity index (χ3n) is 3.73. The summed E-state index contributed by atoms with van der Waals surface area (Å²) in [5, 5.41) is 10.1. The molecule has 0 radical (unpaired) electrons. The Morgan fingerprint density at radius 3 is 1.94 bits per heavy atom. The molecule has 0 aromatic heterocycles. The molecule has 3 heteroatoms. The molecule has 0 saturated heterocycles. The van der Waals surface area contributed by atoms with Crippen molar-refractivity contribution in [3.05, 3.63) is 0 Å². The highest BCUT2D eigenvalue weighted by atomic mass is 16.5. The molecule has 0 aromatic rings. The molecule has 1 saturated carbocycles. The number of hydrogen-bond donors (Lipinski definition) is 1. The maximum Gasteiger partial charge on any atom is 0.311 e. The van der Waals surface area contributed by atoms with E-state index in [0.717, 1.165) is 25.7 Å². The predicted molar refractivity (Wildman–Crippen MR) is 67.7 cm³/mol. The van der Waals surface area contributed by atoms with Gasteiger partial charge in [-0.2, -0.15) is 0 Å². The van der Waals surface area contributed by atoms with Crippen LogP contribution in [0.3, 0.4) is 0 Å². The smallest absolute Gasteiger partial charge is 0.311 e. The van der Waals surface area contributed by atoms with E-state index in [9.17, 15) is 9.90 Å². The van der Waals surface area contributed by atoms with Crippen LogP contribution in [0.15, 0.2) is 0 Å². The zero-order valence-electron chi connectivity index (χ0n) is 11.0. The number of rotatable bonds is 1. The molecule has 1 aliphatic rings. The van der Waals surface area contributed by atoms with Crippen molar-refractivity contribution >= 4 is 5.97 Å². The molecule has 0 unspecified atom stereocenters. The molecule has 1 aliphatic carbocycles. The van der Waals surface area contributed by atoms with E-state index in [1.54, 1.807) is 0 Å². The number of carbonyl (C=O) groups is 1. The first kappa shape index (κ1) is 14.5. The van der Waals surface area contributed by atoms with E-state index in [-0.39, 0.29) is 11.9 Å². The van der Waals surface area contributed by atoms with Crippen LogP contribution in [0.2, 0.25) is 0 Å². The Kier molecular flexibility index (Phi) is 7.25. The summed E-state index contributed by atoms with van der Waals surface area (Å²) in [5.74, 6) is -0.547. The molecule has 0 aliphatic heterocycles. The Hall–Kier alpha value is -0.570. The lowest BCUT2D eigenvalue weighted by Crippen LogP contribution is -2.29. The Morgan fingerprint density at radius 2 is 1.41 bits per heavy atom. The second kappa shape index (κ2) is 8.51. The van der Waals surface area contributed by atoms with Crippen LogP contribution in [-0.4, -0.2) is 24.3 Å². The number of aliphatic hydroxyl groups is 1. The summed E-state index contributed by atoms with van der Waals surface area (Å²) >= 11 is 0. The minimum atomic E-state index is -0.512. The summed E-state index contributed by atoms with van der Waals surface area (Å²) in [6, 6.07) is 0. The van der Waals surface area contributed by atoms with Crippen LogP contribution in [0, 0.1) is 5.92 Å². The van der Waals surface area contributed by atoms with Gasteiger partial charge < -0.3 is 9.84 Å². The van der Waals surface area contributed by atoms with Crippen molar-refractivity contribution in [2.24, 2.45) is 5.92 Å². The molecule has 3 nitrogen and oxygen atoms in total. The first-order valence-corrected chi connectivity index (χ1v) is 7.01. The van der Waals surface area contributed by atoms with Gasteiger partial charge in [-0.1, -0.05) is 51.4 Å². The van der Waals surface area contributed by atoms with Gasteiger partial charge in [-0.15, -0.1) is 0 Å². The molecule has 2 atom stereocenters. The van der Waals surface area contributed by atoms with Crippen LogP contribution in [0.25, 0.3) is 0 Å². The average molecular weight is 242 g/mol. The molecule has 0 amide bonds. The lowest BCUT2D eigenvalue weighted by Gasteiger charge is -2.21. The van der Waals surface area contributed by atoms with Gasteiger partial charge in [0.2, 0.25) is 0 Å². The Balaban J connectivity index is 2.47. The fraction of sp³-hybridized carbons (Fsp3) is 0.929. The number of ether oxygens (including phenoxy) is 1. The van der Waals surface area contributed by atoms with E-state index in [1.165, 1.54) is 45.6 Å². The summed E-state index contributed by atoms with van der Waals surface area (Å²) in [6.45, 7) is 0. The van der Waals surface area contributed by atoms with Crippen molar-refractivity contribution in [3.63, 3.8) is 0 Å². The highest BCUT2D eigenvalue weighted by Crippen LogP contribution is 2.22. The van der Waals surface area contributed by atoms with Gasteiger partial charge in [0.05, 0.1) is 19.1 Å². The Morgan fingerprint density at radius 1 is 0.941 bits per heavy atom. The number of hydrogen-bond acceptors (Lipinski definition) is 3. The van der Waals surface area contributed by atoms with E-state index in [2.05, 4.69) is 0 Å². The van der Waals surface area contributed by atoms with Crippen LogP contribution < -0.4 is 0 Å². The first-order chi connectivity index (χ1) is 8.25. The fourth-order valence-corrected chi connectivity index (χ4v) is 2.60. The summed E-state index contributed by atoms with van der Waals surface area (Å²) < 4.78 is 4.79. The molecule has 0 spiro atoms. The van der Waals surface area contributed by atoms with E-state index < -0.39 is 6.10 Å². The summed E-state index contributed by atoms with van der Waals surface area (Å²) in [4.78, 5) is 11.6. The van der Waals surface area contributed by atoms with Crippen LogP contribution in [-0.2, 0) is 9.53 Å². The van der Waals surface area contributed by atoms with Crippen LogP contribution in [0.4, 0.5) is 0 Å². The molecule has 17 heavy (non-hydrogen) atoms. The second-order valence-corrected chi connectivity index (χ2v) is 5.10. The maximum absolute atomic E-state index is 11.6. The normalized spacial score (nSPS) is 28.8. The molecule has 100 valence electrons. The third kappa shape index (κ3) is 5.53. The zero-order valence-corrected chi connectivity index (χ0v) is 11.0. The molecular weight excluding hydrogens is 216 g/mol. The lowest BCUT2D eigenvalue weighted by molar-refractivity contribution is -0.150. The molecule has 1 N–H and O–H groups in total. The number of methoxy groups -OCH3 is 1. The van der Waals surface area contributed by atoms with Crippen molar-refractivity contribution in [2.75, 3.05) is 7.11 Å². The standard InChI is InChI=1S/C14H26O3/c1-17-14(16)12-10-8-6-4-2-3-5-7-9-11-13(12)15/h12-13,15H,2-11H2,1H3/t12-,13+/m0/s1. The number of esters is 1. The maximum atomic E-state index is 11.6. The van der Waals surface area contributed by atoms with Crippen LogP contribution >= 0.6 is 0 Å². The second-order valence-electron chi connectivity index (χ2n) is 5.10. The summed E-state index contributed by atoms with van der Waals surface area (Å²) in [6.07, 6.45) is 10.5. The first-order valence-electron chi connectivity index (χ1n) is 7.01. The molecule has 0 aromatic carbocycles. The Labute approximate surface area is 105 Å². The van der Waals surface area contributed by atoms with Crippen LogP contribution in [0.1, 0.15) is 64.2 Å². The largest absolute Gasteiger partial charge is 0.469 e. The molecule has 0 bridgehead atoms. The van der Waals surface area contributed by atoms with Crippen molar-refractivity contribution < 1.29 is 14.6 Å². The highest BCUT2D eigenvalue weighted by molar-refractivity contribution is 5.72. The molecule has 1 rings (SSSR count). The van der Waals surface area contributed by atoms with Gasteiger partial charge >= 0.3 is 5.97 Å². The average Bonchev–Trinajstić information content (AvgIpc) is 2.33. The van der Waals surface area contributed by atoms with Crippen molar-refractivity contribution in [1.29, 1.82) is 0 Å². The minimum absolute atomic E-state index is 0.241. The number of carbonyl (C=O) groups excluding carboxylic acids is 1. The van der Waals surface area contributed by atoms with E-state index in [0.29, 0.717) is 0 Å². The monoisotopic (exact) mass is 242 g/mol. The van der Waals surface area contributed by atoms with E-state index in [4.69, 9.17) is 4.74 Å². The van der Waals surface area contributed by atoms with Gasteiger partial charge in [-0.05, 0) is 12.8 Å². The zero-order chi connectivity index (χ0) is 12.5. The van der Waals surface area contributed by atoms with Crippen molar-refractivity contribution in [3.8, 4) is 0 Å². The molecular formula is C14H26O3. The highest BCUT2D eigenvalue weighted by Gasteiger charge is 2.26. The van der Waals surface area contributed by atoms with Gasteiger partial charge in [0, 0.05) is 0 Å². The van der Waals surface area contributed by atoms with Crippen LogP contribution in [0.5, 0.6) is 0 Å². The molecule has 0 heterocycles. The minimum Gasteiger partial charge on any atom is -0.469 e. The summed E-state index contributed by atoms with van der Waals surface area (Å²) in [5.41, 5.74) is 0. The van der Waals surface area contributed by atoms with Gasteiger partial charge in [0.15, 0.2) is 0 Å². The van der Waals surface area contributed by atoms with Crippen molar-refractivity contribution in [2.45, 2.75) is 70.3 Å². The van der Waals surface area contributed by atoms with Gasteiger partial charge in [-0.3, -0.25) is 4.79 Å². The quantitative estimate of drug-likeness (QED) is 0.719. The number of aliphatic hydroxyl groups excluding tert-OH is 1. The fourth-order valence-electron chi connectivity index (χ4n) is 2.60. The van der Waals surface area contributed by atoms with Gasteiger partial charge in [0.25, 0.3) is 0 Å². The third-order valence-corrected chi connectivity index (χ3v) is 3.73. The topological polar surface area (TPSA) is 46.5 Å². The lowest BCUT2D eigenvalue weighted by atomic mass is 9.90. The van der Waals surface area contributed by atoms with Gasteiger partial charge in [0.1, 0.15) is 0 Å². The predicted octanol–water partition coefficient (Wildman–Crippen LogP) is 3.05. The Bertz CT molecular complexity index is 216. The van der Waals surface area contributed by atoms with E-state index in [1.807, 2.05) is 0 Å². The van der Waals surface area contributed by atoms with Crippen molar-refractivity contribution in [1.82, 2.24) is 0 Å². The summed E-state index contributed by atoms with van der Waals surface area (Å²) in [7, 11) is 1.41. The SMILES string of the molecule is COC(=O)[C@H]1CCCCCCCCCC[C@H]1O. The van der Waals surface area contributed by atoms with Gasteiger partial charge in [-0.25, -0.2) is 0 Å². The molecule has 1 fully saturated rings. The van der Waals surface area contributed by atoms with E-state index >= 15 is 0 Å².